The summed E-state index contributed by atoms with van der Waals surface area (Å²) in [4.78, 5) is 6.44. The number of nitrogens with zero attached hydrogens (tertiary/aromatic N) is 2. The summed E-state index contributed by atoms with van der Waals surface area (Å²) in [6.45, 7) is 1.64. The summed E-state index contributed by atoms with van der Waals surface area (Å²) >= 11 is 1.21. The summed E-state index contributed by atoms with van der Waals surface area (Å²) in [6, 6.07) is 11.6. The van der Waals surface area contributed by atoms with E-state index in [-0.39, 0.29) is 0 Å². The molecule has 0 unspecified atom stereocenters. The van der Waals surface area contributed by atoms with Gasteiger partial charge < -0.3 is 10.2 Å². The highest BCUT2D eigenvalue weighted by molar-refractivity contribution is 7.91. The molecule has 2 heterocycles. The van der Waals surface area contributed by atoms with E-state index in [1.54, 1.807) is 24.6 Å². The van der Waals surface area contributed by atoms with Crippen LogP contribution in [-0.4, -0.2) is 41.1 Å². The monoisotopic (exact) mass is 364 g/mol. The predicted octanol–water partition coefficient (Wildman–Crippen LogP) is 1.66. The van der Waals surface area contributed by atoms with Gasteiger partial charge in [-0.25, -0.2) is 13.1 Å². The normalized spacial score (nSPS) is 14.7. The molecule has 2 N–H and O–H groups in total. The molecule has 8 heteroatoms. The van der Waals surface area contributed by atoms with Crippen molar-refractivity contribution in [1.82, 2.24) is 10.0 Å². The number of fused-ring (bicyclic) bond motifs is 1. The largest absolute Gasteiger partial charge is 0.355 e. The standard InChI is InChI=1S/C16H20N4O2S2/c1-17-16(20-11-8-13-5-2-3-6-14(13)20)18-9-10-19-24(21,22)15-7-4-12-23-15/h2-7,12,19H,8-11H2,1H3,(H,17,18). The maximum absolute atomic E-state index is 12.1. The third-order valence-electron chi connectivity index (χ3n) is 3.81. The summed E-state index contributed by atoms with van der Waals surface area (Å²) in [5.74, 6) is 0.760. The van der Waals surface area contributed by atoms with E-state index < -0.39 is 10.0 Å². The number of aliphatic imine (C=N–C) groups is 1. The van der Waals surface area contributed by atoms with Crippen molar-refractivity contribution in [2.75, 3.05) is 31.6 Å². The van der Waals surface area contributed by atoms with Gasteiger partial charge in [0, 0.05) is 32.4 Å². The highest BCUT2D eigenvalue weighted by Gasteiger charge is 2.22. The smallest absolute Gasteiger partial charge is 0.250 e. The maximum atomic E-state index is 12.1. The first kappa shape index (κ1) is 16.9. The minimum atomic E-state index is -3.41. The second kappa shape index (κ2) is 7.33. The number of anilines is 1. The Morgan fingerprint density at radius 2 is 2.08 bits per heavy atom. The van der Waals surface area contributed by atoms with Crippen molar-refractivity contribution in [3.05, 3.63) is 47.3 Å². The average molecular weight is 364 g/mol. The molecule has 0 saturated carbocycles. The number of para-hydroxylation sites is 1. The fourth-order valence-electron chi connectivity index (χ4n) is 2.70. The van der Waals surface area contributed by atoms with Gasteiger partial charge in [0.15, 0.2) is 5.96 Å². The Kier molecular flexibility index (Phi) is 5.17. The Bertz CT molecular complexity index is 816. The van der Waals surface area contributed by atoms with Gasteiger partial charge in [-0.05, 0) is 29.5 Å². The molecule has 3 rings (SSSR count). The number of rotatable bonds is 5. The molecular weight excluding hydrogens is 344 g/mol. The summed E-state index contributed by atoms with van der Waals surface area (Å²) in [6.07, 6.45) is 0.988. The zero-order valence-electron chi connectivity index (χ0n) is 13.4. The predicted molar refractivity (Wildman–Crippen MR) is 98.4 cm³/mol. The molecule has 0 radical (unpaired) electrons. The van der Waals surface area contributed by atoms with Crippen molar-refractivity contribution >= 4 is 33.0 Å². The van der Waals surface area contributed by atoms with Crippen molar-refractivity contribution in [3.63, 3.8) is 0 Å². The van der Waals surface area contributed by atoms with Crippen LogP contribution in [-0.2, 0) is 16.4 Å². The first-order chi connectivity index (χ1) is 11.6. The lowest BCUT2D eigenvalue weighted by molar-refractivity contribution is 0.583. The number of benzene rings is 1. The van der Waals surface area contributed by atoms with Gasteiger partial charge in [-0.1, -0.05) is 24.3 Å². The van der Waals surface area contributed by atoms with E-state index in [1.807, 2.05) is 12.1 Å². The van der Waals surface area contributed by atoms with Crippen LogP contribution in [0.2, 0.25) is 0 Å². The SMILES string of the molecule is CN=C(NCCNS(=O)(=O)c1cccs1)N1CCc2ccccc21. The second-order valence-corrected chi connectivity index (χ2v) is 8.28. The van der Waals surface area contributed by atoms with Crippen LogP contribution in [0.3, 0.4) is 0 Å². The molecule has 0 aliphatic carbocycles. The van der Waals surface area contributed by atoms with Gasteiger partial charge in [-0.15, -0.1) is 11.3 Å². The minimum Gasteiger partial charge on any atom is -0.355 e. The van der Waals surface area contributed by atoms with E-state index in [1.165, 1.54) is 16.9 Å². The van der Waals surface area contributed by atoms with Crippen LogP contribution in [0.15, 0.2) is 51.0 Å². The highest BCUT2D eigenvalue weighted by Crippen LogP contribution is 2.27. The molecule has 0 fully saturated rings. The summed E-state index contributed by atoms with van der Waals surface area (Å²) < 4.78 is 27.0. The van der Waals surface area contributed by atoms with E-state index in [0.29, 0.717) is 17.3 Å². The Morgan fingerprint density at radius 3 is 2.83 bits per heavy atom. The Balaban J connectivity index is 1.55. The average Bonchev–Trinajstić information content (AvgIpc) is 3.25. The Labute approximate surface area is 146 Å². The Hall–Kier alpha value is -1.90. The van der Waals surface area contributed by atoms with Crippen LogP contribution in [0.4, 0.5) is 5.69 Å². The zero-order chi connectivity index (χ0) is 17.0. The van der Waals surface area contributed by atoms with Crippen LogP contribution in [0.25, 0.3) is 0 Å². The number of thiophene rings is 1. The molecule has 128 valence electrons. The van der Waals surface area contributed by atoms with Crippen LogP contribution in [0.5, 0.6) is 0 Å². The molecule has 2 aromatic rings. The fourth-order valence-corrected chi connectivity index (χ4v) is 4.77. The number of guanidine groups is 1. The van der Waals surface area contributed by atoms with Crippen LogP contribution >= 0.6 is 11.3 Å². The van der Waals surface area contributed by atoms with Gasteiger partial charge in [0.2, 0.25) is 10.0 Å². The summed E-state index contributed by atoms with van der Waals surface area (Å²) in [7, 11) is -1.68. The third kappa shape index (κ3) is 3.61. The molecule has 0 amide bonds. The molecule has 6 nitrogen and oxygen atoms in total. The third-order valence-corrected chi connectivity index (χ3v) is 6.67. The Morgan fingerprint density at radius 1 is 1.25 bits per heavy atom. The first-order valence-corrected chi connectivity index (χ1v) is 10.1. The van der Waals surface area contributed by atoms with Crippen molar-refractivity contribution in [3.8, 4) is 0 Å². The van der Waals surface area contributed by atoms with E-state index in [0.717, 1.165) is 24.6 Å². The lowest BCUT2D eigenvalue weighted by Gasteiger charge is -2.22. The van der Waals surface area contributed by atoms with Crippen molar-refractivity contribution in [1.29, 1.82) is 0 Å². The number of hydrogen-bond donors (Lipinski definition) is 2. The van der Waals surface area contributed by atoms with Gasteiger partial charge in [0.05, 0.1) is 0 Å². The molecule has 0 atom stereocenters. The van der Waals surface area contributed by atoms with E-state index in [9.17, 15) is 8.42 Å². The van der Waals surface area contributed by atoms with E-state index in [4.69, 9.17) is 0 Å². The fraction of sp³-hybridized carbons (Fsp3) is 0.312. The van der Waals surface area contributed by atoms with Crippen LogP contribution in [0.1, 0.15) is 5.56 Å². The van der Waals surface area contributed by atoms with Gasteiger partial charge in [-0.3, -0.25) is 4.99 Å². The molecule has 1 aliphatic rings. The molecule has 0 bridgehead atoms. The number of sulfonamides is 1. The first-order valence-electron chi connectivity index (χ1n) is 7.71. The molecular formula is C16H20N4O2S2. The van der Waals surface area contributed by atoms with E-state index >= 15 is 0 Å². The summed E-state index contributed by atoms with van der Waals surface area (Å²) in [5.41, 5.74) is 2.46. The molecule has 0 saturated heterocycles. The van der Waals surface area contributed by atoms with Crippen molar-refractivity contribution in [2.24, 2.45) is 4.99 Å². The van der Waals surface area contributed by atoms with Crippen molar-refractivity contribution in [2.45, 2.75) is 10.6 Å². The minimum absolute atomic E-state index is 0.300. The lowest BCUT2D eigenvalue weighted by Crippen LogP contribution is -2.43. The lowest BCUT2D eigenvalue weighted by atomic mass is 10.2. The van der Waals surface area contributed by atoms with Gasteiger partial charge >= 0.3 is 0 Å². The maximum Gasteiger partial charge on any atom is 0.250 e. The van der Waals surface area contributed by atoms with Crippen molar-refractivity contribution < 1.29 is 8.42 Å². The van der Waals surface area contributed by atoms with Gasteiger partial charge in [0.1, 0.15) is 4.21 Å². The second-order valence-electron chi connectivity index (χ2n) is 5.33. The quantitative estimate of drug-likeness (QED) is 0.481. The molecule has 0 spiro atoms. The molecule has 24 heavy (non-hydrogen) atoms. The number of hydrogen-bond acceptors (Lipinski definition) is 4. The van der Waals surface area contributed by atoms with E-state index in [2.05, 4.69) is 32.1 Å². The molecule has 1 aromatic heterocycles. The van der Waals surface area contributed by atoms with Crippen LogP contribution < -0.4 is 14.9 Å². The summed E-state index contributed by atoms with van der Waals surface area (Å²) in [5, 5.41) is 4.97. The molecule has 1 aliphatic heterocycles. The number of nitrogens with one attached hydrogen (secondary N) is 2. The zero-order valence-corrected chi connectivity index (χ0v) is 15.0. The molecule has 1 aromatic carbocycles. The topological polar surface area (TPSA) is 73.8 Å². The van der Waals surface area contributed by atoms with Gasteiger partial charge in [0.25, 0.3) is 0 Å². The van der Waals surface area contributed by atoms with Crippen LogP contribution in [0, 0.1) is 0 Å². The van der Waals surface area contributed by atoms with Gasteiger partial charge in [-0.2, -0.15) is 0 Å². The highest BCUT2D eigenvalue weighted by atomic mass is 32.2.